The van der Waals surface area contributed by atoms with Crippen molar-refractivity contribution in [1.82, 2.24) is 5.32 Å². The Labute approximate surface area is 304 Å². The van der Waals surface area contributed by atoms with Crippen molar-refractivity contribution in [2.24, 2.45) is 0 Å². The van der Waals surface area contributed by atoms with Crippen molar-refractivity contribution in [1.29, 1.82) is 0 Å². The quantitative estimate of drug-likeness (QED) is 0.0373. The molecule has 0 aliphatic heterocycles. The minimum Gasteiger partial charge on any atom is -0.374 e. The molecular formula is C40H84N2O6P+. The third-order valence-corrected chi connectivity index (χ3v) is 10.3. The summed E-state index contributed by atoms with van der Waals surface area (Å²) in [6, 6.07) is 0. The number of rotatable bonds is 39. The number of likely N-dealkylation sites (N-methyl/N-ethyl adjacent to an activating group) is 1. The lowest BCUT2D eigenvalue weighted by molar-refractivity contribution is -0.870. The zero-order valence-electron chi connectivity index (χ0n) is 33.3. The fraction of sp³-hybridized carbons (Fsp3) is 0.975. The van der Waals surface area contributed by atoms with Crippen LogP contribution in [0.5, 0.6) is 0 Å². The minimum atomic E-state index is -4.20. The van der Waals surface area contributed by atoms with Crippen molar-refractivity contribution in [3.05, 3.63) is 0 Å². The molecule has 294 valence electrons. The molecule has 0 aliphatic rings. The molecule has 9 heteroatoms. The number of phosphoric ester groups is 1. The van der Waals surface area contributed by atoms with Gasteiger partial charge in [0.25, 0.3) is 0 Å². The van der Waals surface area contributed by atoms with E-state index in [0.29, 0.717) is 24.1 Å². The first-order chi connectivity index (χ1) is 23.6. The lowest BCUT2D eigenvalue weighted by Crippen LogP contribution is -2.37. The first-order valence-electron chi connectivity index (χ1n) is 20.9. The van der Waals surface area contributed by atoms with E-state index in [1.54, 1.807) is 0 Å². The normalized spacial score (nSPS) is 13.8. The Morgan fingerprint density at radius 3 is 1.39 bits per heavy atom. The van der Waals surface area contributed by atoms with Crippen LogP contribution in [0.4, 0.5) is 0 Å². The predicted octanol–water partition coefficient (Wildman–Crippen LogP) is 11.3. The van der Waals surface area contributed by atoms with Gasteiger partial charge in [0.05, 0.1) is 33.9 Å². The molecule has 0 aromatic carbocycles. The highest BCUT2D eigenvalue weighted by Gasteiger charge is 2.25. The van der Waals surface area contributed by atoms with E-state index in [4.69, 9.17) is 13.8 Å². The molecule has 0 saturated carbocycles. The maximum absolute atomic E-state index is 12.6. The van der Waals surface area contributed by atoms with Crippen molar-refractivity contribution in [2.45, 2.75) is 200 Å². The maximum atomic E-state index is 12.6. The van der Waals surface area contributed by atoms with Gasteiger partial charge in [-0.15, -0.1) is 0 Å². The Morgan fingerprint density at radius 2 is 0.980 bits per heavy atom. The molecule has 0 radical (unpaired) electrons. The zero-order chi connectivity index (χ0) is 36.3. The van der Waals surface area contributed by atoms with Crippen LogP contribution in [0.2, 0.25) is 0 Å². The number of ether oxygens (including phenoxy) is 1. The van der Waals surface area contributed by atoms with Crippen molar-refractivity contribution >= 4 is 13.7 Å². The summed E-state index contributed by atoms with van der Waals surface area (Å²) in [7, 11) is 1.78. The van der Waals surface area contributed by atoms with Crippen molar-refractivity contribution in [3.63, 3.8) is 0 Å². The Hall–Kier alpha value is -0.500. The predicted molar refractivity (Wildman–Crippen MR) is 208 cm³/mol. The third kappa shape index (κ3) is 38.6. The maximum Gasteiger partial charge on any atom is 0.472 e. The average Bonchev–Trinajstić information content (AvgIpc) is 3.05. The molecule has 0 saturated heterocycles. The molecule has 0 aromatic heterocycles. The zero-order valence-corrected chi connectivity index (χ0v) is 34.2. The van der Waals surface area contributed by atoms with E-state index in [2.05, 4.69) is 19.2 Å². The summed E-state index contributed by atoms with van der Waals surface area (Å²) in [6.45, 7) is 5.94. The standard InChI is InChI=1S/C40H83N2O6P/c1-6-8-10-12-14-16-18-20-21-22-23-25-27-29-31-33-40(43)41-37-39(38-48-49(44,45)47-36-34-42(3,4)5)46-35-32-30-28-26-24-19-17-15-13-11-9-7-2/h39H,6-38H2,1-5H3,(H-,41,43,44,45)/p+1. The van der Waals surface area contributed by atoms with Gasteiger partial charge in [-0.25, -0.2) is 4.57 Å². The molecule has 49 heavy (non-hydrogen) atoms. The van der Waals surface area contributed by atoms with Gasteiger partial charge in [-0.2, -0.15) is 0 Å². The highest BCUT2D eigenvalue weighted by molar-refractivity contribution is 7.47. The lowest BCUT2D eigenvalue weighted by atomic mass is 10.0. The number of phosphoric acid groups is 1. The van der Waals surface area contributed by atoms with Crippen LogP contribution in [0.3, 0.4) is 0 Å². The lowest BCUT2D eigenvalue weighted by Gasteiger charge is -2.24. The van der Waals surface area contributed by atoms with Gasteiger partial charge in [0.2, 0.25) is 5.91 Å². The van der Waals surface area contributed by atoms with Gasteiger partial charge < -0.3 is 19.4 Å². The fourth-order valence-electron chi connectivity index (χ4n) is 5.98. The highest BCUT2D eigenvalue weighted by Crippen LogP contribution is 2.43. The summed E-state index contributed by atoms with van der Waals surface area (Å²) >= 11 is 0. The Morgan fingerprint density at radius 1 is 0.592 bits per heavy atom. The molecule has 0 bridgehead atoms. The van der Waals surface area contributed by atoms with E-state index >= 15 is 0 Å². The average molecular weight is 720 g/mol. The van der Waals surface area contributed by atoms with Crippen LogP contribution in [-0.4, -0.2) is 75.4 Å². The van der Waals surface area contributed by atoms with Crippen LogP contribution >= 0.6 is 7.82 Å². The van der Waals surface area contributed by atoms with Gasteiger partial charge >= 0.3 is 7.82 Å². The second-order valence-electron chi connectivity index (χ2n) is 15.5. The molecule has 0 heterocycles. The number of amides is 1. The summed E-state index contributed by atoms with van der Waals surface area (Å²) in [4.78, 5) is 22.8. The van der Waals surface area contributed by atoms with Crippen LogP contribution in [-0.2, 0) is 23.1 Å². The van der Waals surface area contributed by atoms with Crippen LogP contribution in [0.1, 0.15) is 194 Å². The van der Waals surface area contributed by atoms with Crippen molar-refractivity contribution in [2.75, 3.05) is 54.1 Å². The first kappa shape index (κ1) is 48.5. The third-order valence-electron chi connectivity index (χ3n) is 9.33. The SMILES string of the molecule is CCCCCCCCCCCCCCCCCC(=O)NCC(COP(=O)(O)OCC[N+](C)(C)C)OCCCCCCCCCCCCCC. The van der Waals surface area contributed by atoms with Crippen LogP contribution in [0, 0.1) is 0 Å². The molecule has 2 unspecified atom stereocenters. The summed E-state index contributed by atoms with van der Waals surface area (Å²) in [6.07, 6.45) is 34.8. The molecule has 0 rings (SSSR count). The molecule has 2 N–H and O–H groups in total. The highest BCUT2D eigenvalue weighted by atomic mass is 31.2. The molecule has 0 aliphatic carbocycles. The number of carbonyl (C=O) groups excluding carboxylic acids is 1. The van der Waals surface area contributed by atoms with E-state index in [1.165, 1.54) is 148 Å². The van der Waals surface area contributed by atoms with Gasteiger partial charge in [0, 0.05) is 19.6 Å². The largest absolute Gasteiger partial charge is 0.472 e. The number of carbonyl (C=O) groups is 1. The summed E-state index contributed by atoms with van der Waals surface area (Å²) in [5, 5.41) is 2.97. The molecule has 2 atom stereocenters. The molecule has 0 fully saturated rings. The van der Waals surface area contributed by atoms with E-state index < -0.39 is 13.9 Å². The second kappa shape index (κ2) is 34.6. The monoisotopic (exact) mass is 720 g/mol. The summed E-state index contributed by atoms with van der Waals surface area (Å²) in [5.41, 5.74) is 0. The topological polar surface area (TPSA) is 94.1 Å². The Kier molecular flexibility index (Phi) is 34.2. The Bertz CT molecular complexity index is 764. The van der Waals surface area contributed by atoms with E-state index in [-0.39, 0.29) is 25.7 Å². The molecule has 0 aromatic rings. The van der Waals surface area contributed by atoms with E-state index in [9.17, 15) is 14.3 Å². The van der Waals surface area contributed by atoms with Gasteiger partial charge in [0.1, 0.15) is 13.2 Å². The molecular weight excluding hydrogens is 635 g/mol. The van der Waals surface area contributed by atoms with Crippen molar-refractivity contribution in [3.8, 4) is 0 Å². The fourth-order valence-corrected chi connectivity index (χ4v) is 6.72. The number of hydrogen-bond acceptors (Lipinski definition) is 5. The molecule has 0 spiro atoms. The van der Waals surface area contributed by atoms with Gasteiger partial charge in [0.15, 0.2) is 0 Å². The summed E-state index contributed by atoms with van der Waals surface area (Å²) in [5.74, 6) is 0.0000320. The van der Waals surface area contributed by atoms with Gasteiger partial charge in [-0.1, -0.05) is 174 Å². The number of hydrogen-bond donors (Lipinski definition) is 2. The number of nitrogens with zero attached hydrogens (tertiary/aromatic N) is 1. The number of nitrogens with one attached hydrogen (secondary N) is 1. The van der Waals surface area contributed by atoms with E-state index in [0.717, 1.165) is 25.7 Å². The van der Waals surface area contributed by atoms with Crippen LogP contribution in [0.15, 0.2) is 0 Å². The smallest absolute Gasteiger partial charge is 0.374 e. The molecule has 8 nitrogen and oxygen atoms in total. The Balaban J connectivity index is 4.20. The van der Waals surface area contributed by atoms with Crippen molar-refractivity contribution < 1.29 is 32.5 Å². The van der Waals surface area contributed by atoms with Gasteiger partial charge in [-0.3, -0.25) is 13.8 Å². The van der Waals surface area contributed by atoms with E-state index in [1.807, 2.05) is 21.1 Å². The second-order valence-corrected chi connectivity index (χ2v) is 17.0. The van der Waals surface area contributed by atoms with Gasteiger partial charge in [-0.05, 0) is 12.8 Å². The number of unbranched alkanes of at least 4 members (excludes halogenated alkanes) is 25. The number of quaternary nitrogens is 1. The minimum absolute atomic E-state index is 0.0000320. The first-order valence-corrected chi connectivity index (χ1v) is 22.4. The van der Waals surface area contributed by atoms with Crippen LogP contribution < -0.4 is 5.32 Å². The van der Waals surface area contributed by atoms with Crippen LogP contribution in [0.25, 0.3) is 0 Å². The summed E-state index contributed by atoms with van der Waals surface area (Å²) < 4.78 is 29.6. The molecule has 1 amide bonds.